The Bertz CT molecular complexity index is 585. The van der Waals surface area contributed by atoms with Crippen LogP contribution < -0.4 is 5.32 Å². The minimum Gasteiger partial charge on any atom is -0.353 e. The number of hydrogen-bond donors (Lipinski definition) is 1. The molecule has 0 atom stereocenters. The van der Waals surface area contributed by atoms with Crippen LogP contribution in [0.3, 0.4) is 0 Å². The number of nitrogens with zero attached hydrogens (tertiary/aromatic N) is 2. The Morgan fingerprint density at radius 2 is 2.05 bits per heavy atom. The summed E-state index contributed by atoms with van der Waals surface area (Å²) in [5.41, 5.74) is 2.38. The van der Waals surface area contributed by atoms with Crippen LogP contribution in [-0.2, 0) is 0 Å². The third-order valence-corrected chi connectivity index (χ3v) is 4.87. The second-order valence-electron chi connectivity index (χ2n) is 5.53. The van der Waals surface area contributed by atoms with Crippen LogP contribution >= 0.6 is 15.9 Å². The molecule has 2 aromatic rings. The van der Waals surface area contributed by atoms with Gasteiger partial charge in [-0.05, 0) is 37.5 Å². The predicted octanol–water partition coefficient (Wildman–Crippen LogP) is 4.69. The molecule has 0 aliphatic heterocycles. The Labute approximate surface area is 128 Å². The molecule has 0 amide bonds. The lowest BCUT2D eigenvalue weighted by atomic mass is 9.96. The number of aromatic nitrogens is 2. The third-order valence-electron chi connectivity index (χ3n) is 4.01. The van der Waals surface area contributed by atoms with E-state index in [2.05, 4.69) is 55.9 Å². The Hall–Kier alpha value is -1.29. The summed E-state index contributed by atoms with van der Waals surface area (Å²) >= 11 is 3.60. The molecular formula is C16H20BrN3. The maximum absolute atomic E-state index is 4.48. The molecule has 0 spiro atoms. The Balaban J connectivity index is 1.83. The van der Waals surface area contributed by atoms with Crippen LogP contribution in [0, 0.1) is 6.92 Å². The van der Waals surface area contributed by atoms with Gasteiger partial charge in [0, 0.05) is 28.6 Å². The zero-order valence-corrected chi connectivity index (χ0v) is 13.4. The van der Waals surface area contributed by atoms with E-state index < -0.39 is 0 Å². The molecule has 0 saturated heterocycles. The maximum Gasteiger partial charge on any atom is 0.207 e. The van der Waals surface area contributed by atoms with Gasteiger partial charge in [0.2, 0.25) is 5.95 Å². The molecule has 1 aliphatic rings. The van der Waals surface area contributed by atoms with Gasteiger partial charge in [-0.25, -0.2) is 4.98 Å². The molecule has 106 valence electrons. The van der Waals surface area contributed by atoms with E-state index in [1.165, 1.54) is 37.7 Å². The number of imidazole rings is 1. The monoisotopic (exact) mass is 333 g/mol. The Morgan fingerprint density at radius 3 is 2.80 bits per heavy atom. The normalized spacial score (nSPS) is 16.3. The quantitative estimate of drug-likeness (QED) is 0.883. The van der Waals surface area contributed by atoms with E-state index >= 15 is 0 Å². The molecule has 0 bridgehead atoms. The van der Waals surface area contributed by atoms with Crippen LogP contribution in [0.4, 0.5) is 5.95 Å². The summed E-state index contributed by atoms with van der Waals surface area (Å²) in [4.78, 5) is 4.48. The largest absolute Gasteiger partial charge is 0.353 e. The van der Waals surface area contributed by atoms with Gasteiger partial charge >= 0.3 is 0 Å². The van der Waals surface area contributed by atoms with Crippen LogP contribution in [0.2, 0.25) is 0 Å². The molecule has 1 saturated carbocycles. The first-order chi connectivity index (χ1) is 9.74. The van der Waals surface area contributed by atoms with E-state index in [0.717, 1.165) is 16.1 Å². The fourth-order valence-corrected chi connectivity index (χ4v) is 3.15. The van der Waals surface area contributed by atoms with Crippen LogP contribution in [0.25, 0.3) is 5.69 Å². The number of benzene rings is 1. The lowest BCUT2D eigenvalue weighted by Gasteiger charge is -2.23. The minimum absolute atomic E-state index is 0.568. The average molecular weight is 334 g/mol. The van der Waals surface area contributed by atoms with E-state index in [1.54, 1.807) is 0 Å². The summed E-state index contributed by atoms with van der Waals surface area (Å²) < 4.78 is 3.26. The lowest BCUT2D eigenvalue weighted by Crippen LogP contribution is -2.24. The molecule has 1 aromatic heterocycles. The summed E-state index contributed by atoms with van der Waals surface area (Å²) in [6, 6.07) is 6.97. The highest BCUT2D eigenvalue weighted by molar-refractivity contribution is 9.10. The molecule has 0 radical (unpaired) electrons. The third kappa shape index (κ3) is 2.90. The van der Waals surface area contributed by atoms with E-state index in [9.17, 15) is 0 Å². The molecule has 1 aromatic carbocycles. The van der Waals surface area contributed by atoms with Gasteiger partial charge in [-0.1, -0.05) is 41.3 Å². The molecule has 1 heterocycles. The Morgan fingerprint density at radius 1 is 1.25 bits per heavy atom. The van der Waals surface area contributed by atoms with Crippen molar-refractivity contribution in [3.05, 3.63) is 40.6 Å². The number of hydrogen-bond acceptors (Lipinski definition) is 2. The van der Waals surface area contributed by atoms with Crippen LogP contribution in [0.5, 0.6) is 0 Å². The van der Waals surface area contributed by atoms with Gasteiger partial charge in [0.25, 0.3) is 0 Å². The van der Waals surface area contributed by atoms with Gasteiger partial charge in [0.1, 0.15) is 0 Å². The van der Waals surface area contributed by atoms with Crippen molar-refractivity contribution in [2.45, 2.75) is 45.1 Å². The van der Waals surface area contributed by atoms with Crippen LogP contribution in [-0.4, -0.2) is 15.6 Å². The fourth-order valence-electron chi connectivity index (χ4n) is 2.78. The first-order valence-corrected chi connectivity index (χ1v) is 8.10. The van der Waals surface area contributed by atoms with Gasteiger partial charge in [-0.2, -0.15) is 0 Å². The number of halogens is 1. The summed E-state index contributed by atoms with van der Waals surface area (Å²) in [5.74, 6) is 0.952. The van der Waals surface area contributed by atoms with Gasteiger partial charge in [0.05, 0.1) is 0 Å². The fraction of sp³-hybridized carbons (Fsp3) is 0.438. The summed E-state index contributed by atoms with van der Waals surface area (Å²) in [6.07, 6.45) is 10.4. The minimum atomic E-state index is 0.568. The number of anilines is 1. The molecule has 0 unspecified atom stereocenters. The Kier molecular flexibility index (Phi) is 4.10. The second-order valence-corrected chi connectivity index (χ2v) is 6.39. The zero-order chi connectivity index (χ0) is 13.9. The first-order valence-electron chi connectivity index (χ1n) is 7.30. The highest BCUT2D eigenvalue weighted by Crippen LogP contribution is 2.25. The molecule has 20 heavy (non-hydrogen) atoms. The van der Waals surface area contributed by atoms with Crippen molar-refractivity contribution in [1.29, 1.82) is 0 Å². The van der Waals surface area contributed by atoms with Gasteiger partial charge in [-0.3, -0.25) is 4.57 Å². The molecule has 1 N–H and O–H groups in total. The van der Waals surface area contributed by atoms with Crippen molar-refractivity contribution in [1.82, 2.24) is 9.55 Å². The standard InChI is InChI=1S/C16H20BrN3/c1-12-7-8-14(11-15(12)17)20-10-9-18-16(20)19-13-5-3-2-4-6-13/h7-11,13H,2-6H2,1H3,(H,18,19). The number of nitrogens with one attached hydrogen (secondary N) is 1. The first kappa shape index (κ1) is 13.7. The molecule has 1 aliphatic carbocycles. The lowest BCUT2D eigenvalue weighted by molar-refractivity contribution is 0.460. The summed E-state index contributed by atoms with van der Waals surface area (Å²) in [7, 11) is 0. The summed E-state index contributed by atoms with van der Waals surface area (Å²) in [5, 5.41) is 3.60. The molecule has 4 heteroatoms. The van der Waals surface area contributed by atoms with Crippen molar-refractivity contribution >= 4 is 21.9 Å². The number of aryl methyl sites for hydroxylation is 1. The van der Waals surface area contributed by atoms with Crippen molar-refractivity contribution in [3.63, 3.8) is 0 Å². The SMILES string of the molecule is Cc1ccc(-n2ccnc2NC2CCCCC2)cc1Br. The molecule has 1 fully saturated rings. The van der Waals surface area contributed by atoms with Gasteiger partial charge < -0.3 is 5.32 Å². The van der Waals surface area contributed by atoms with E-state index in [0.29, 0.717) is 6.04 Å². The smallest absolute Gasteiger partial charge is 0.207 e. The van der Waals surface area contributed by atoms with E-state index in [-0.39, 0.29) is 0 Å². The van der Waals surface area contributed by atoms with Crippen molar-refractivity contribution in [2.75, 3.05) is 5.32 Å². The van der Waals surface area contributed by atoms with Gasteiger partial charge in [0.15, 0.2) is 0 Å². The highest BCUT2D eigenvalue weighted by Gasteiger charge is 2.15. The maximum atomic E-state index is 4.48. The topological polar surface area (TPSA) is 29.9 Å². The predicted molar refractivity (Wildman–Crippen MR) is 86.5 cm³/mol. The molecule has 3 rings (SSSR count). The highest BCUT2D eigenvalue weighted by atomic mass is 79.9. The van der Waals surface area contributed by atoms with Crippen molar-refractivity contribution in [2.24, 2.45) is 0 Å². The number of rotatable bonds is 3. The average Bonchev–Trinajstić information content (AvgIpc) is 2.91. The summed E-state index contributed by atoms with van der Waals surface area (Å²) in [6.45, 7) is 2.10. The van der Waals surface area contributed by atoms with E-state index in [1.807, 2.05) is 12.4 Å². The zero-order valence-electron chi connectivity index (χ0n) is 11.8. The van der Waals surface area contributed by atoms with Gasteiger partial charge in [-0.15, -0.1) is 0 Å². The molecular weight excluding hydrogens is 314 g/mol. The van der Waals surface area contributed by atoms with Crippen LogP contribution in [0.1, 0.15) is 37.7 Å². The molecule has 3 nitrogen and oxygen atoms in total. The van der Waals surface area contributed by atoms with E-state index in [4.69, 9.17) is 0 Å². The van der Waals surface area contributed by atoms with Crippen molar-refractivity contribution < 1.29 is 0 Å². The van der Waals surface area contributed by atoms with Crippen molar-refractivity contribution in [3.8, 4) is 5.69 Å². The van der Waals surface area contributed by atoms with Crippen LogP contribution in [0.15, 0.2) is 35.1 Å². The second kappa shape index (κ2) is 6.00.